The number of aliphatic imine (C=N–C) groups is 1. The summed E-state index contributed by atoms with van der Waals surface area (Å²) in [7, 11) is 0. The van der Waals surface area contributed by atoms with Gasteiger partial charge in [-0.05, 0) is 66.9 Å². The number of benzene rings is 3. The van der Waals surface area contributed by atoms with Gasteiger partial charge in [-0.3, -0.25) is 15.1 Å². The summed E-state index contributed by atoms with van der Waals surface area (Å²) in [5.74, 6) is 0.555. The average Bonchev–Trinajstić information content (AvgIpc) is 3.15. The number of nitrogens with zero attached hydrogens (tertiary/aromatic N) is 3. The molecule has 1 aromatic heterocycles. The number of nitro groups is 1. The molecule has 3 aromatic carbocycles. The van der Waals surface area contributed by atoms with Crippen molar-refractivity contribution in [3.05, 3.63) is 93.5 Å². The molecule has 0 bridgehead atoms. The molecule has 0 N–H and O–H groups in total. The third-order valence-electron chi connectivity index (χ3n) is 4.78. The molecule has 0 aliphatic carbocycles. The lowest BCUT2D eigenvalue weighted by Crippen LogP contribution is -1.87. The molecule has 0 amide bonds. The van der Waals surface area contributed by atoms with Gasteiger partial charge < -0.3 is 4.42 Å². The van der Waals surface area contributed by atoms with E-state index in [1.165, 1.54) is 23.3 Å². The van der Waals surface area contributed by atoms with Gasteiger partial charge in [-0.2, -0.15) is 0 Å². The van der Waals surface area contributed by atoms with Gasteiger partial charge in [0.05, 0.1) is 10.6 Å². The Morgan fingerprint density at radius 1 is 1.03 bits per heavy atom. The van der Waals surface area contributed by atoms with Crippen molar-refractivity contribution in [2.45, 2.75) is 13.8 Å². The summed E-state index contributed by atoms with van der Waals surface area (Å²) in [5, 5.41) is 10.8. The van der Waals surface area contributed by atoms with Crippen molar-refractivity contribution in [1.29, 1.82) is 0 Å². The van der Waals surface area contributed by atoms with E-state index in [4.69, 9.17) is 4.42 Å². The Hall–Kier alpha value is -4.06. The predicted octanol–water partition coefficient (Wildman–Crippen LogP) is 6.44. The van der Waals surface area contributed by atoms with Gasteiger partial charge in [0.15, 0.2) is 5.58 Å². The standard InChI is InChI=1S/C24H19N3O3/c1-16-12-22-23(13-17(16)2)30-24(26-22)19-8-4-9-20(15-19)25-11-5-7-18-6-3-10-21(14-18)27(28)29/h3-15H,1-2H3. The van der Waals surface area contributed by atoms with Gasteiger partial charge in [0.2, 0.25) is 5.89 Å². The number of non-ortho nitro benzene ring substituents is 1. The maximum absolute atomic E-state index is 10.8. The van der Waals surface area contributed by atoms with Gasteiger partial charge in [-0.1, -0.05) is 24.3 Å². The van der Waals surface area contributed by atoms with Crippen molar-refractivity contribution < 1.29 is 9.34 Å². The minimum absolute atomic E-state index is 0.0607. The quantitative estimate of drug-likeness (QED) is 0.220. The number of hydrogen-bond donors (Lipinski definition) is 0. The second kappa shape index (κ2) is 8.13. The highest BCUT2D eigenvalue weighted by Gasteiger charge is 2.10. The third kappa shape index (κ3) is 4.17. The monoisotopic (exact) mass is 397 g/mol. The van der Waals surface area contributed by atoms with E-state index in [1.54, 1.807) is 30.5 Å². The first-order chi connectivity index (χ1) is 14.5. The van der Waals surface area contributed by atoms with Crippen molar-refractivity contribution in [2.24, 2.45) is 4.99 Å². The van der Waals surface area contributed by atoms with Crippen LogP contribution in [0.15, 0.2) is 76.1 Å². The summed E-state index contributed by atoms with van der Waals surface area (Å²) < 4.78 is 5.93. The number of aryl methyl sites for hydroxylation is 2. The number of aromatic nitrogens is 1. The highest BCUT2D eigenvalue weighted by Crippen LogP contribution is 2.28. The largest absolute Gasteiger partial charge is 0.436 e. The van der Waals surface area contributed by atoms with Crippen LogP contribution in [0.2, 0.25) is 0 Å². The van der Waals surface area contributed by atoms with Crippen molar-refractivity contribution in [2.75, 3.05) is 0 Å². The molecule has 4 aromatic rings. The Morgan fingerprint density at radius 2 is 1.83 bits per heavy atom. The molecular weight excluding hydrogens is 378 g/mol. The van der Waals surface area contributed by atoms with Crippen LogP contribution in [0.25, 0.3) is 28.6 Å². The summed E-state index contributed by atoms with van der Waals surface area (Å²) in [6.45, 7) is 4.10. The maximum atomic E-state index is 10.8. The SMILES string of the molecule is Cc1cc2nc(-c3cccc(N=CC=Cc4cccc([N+](=O)[O-])c4)c3)oc2cc1C. The van der Waals surface area contributed by atoms with E-state index in [9.17, 15) is 10.1 Å². The van der Waals surface area contributed by atoms with Crippen LogP contribution in [0.4, 0.5) is 11.4 Å². The highest BCUT2D eigenvalue weighted by atomic mass is 16.6. The fourth-order valence-corrected chi connectivity index (χ4v) is 3.05. The number of nitro benzene ring substituents is 1. The molecule has 0 atom stereocenters. The zero-order valence-corrected chi connectivity index (χ0v) is 16.6. The van der Waals surface area contributed by atoms with Crippen LogP contribution in [0.1, 0.15) is 16.7 Å². The minimum Gasteiger partial charge on any atom is -0.436 e. The lowest BCUT2D eigenvalue weighted by Gasteiger charge is -1.97. The van der Waals surface area contributed by atoms with Crippen LogP contribution >= 0.6 is 0 Å². The molecule has 0 saturated heterocycles. The number of fused-ring (bicyclic) bond motifs is 1. The van der Waals surface area contributed by atoms with Crippen LogP contribution in [0.5, 0.6) is 0 Å². The fraction of sp³-hybridized carbons (Fsp3) is 0.0833. The van der Waals surface area contributed by atoms with Crippen LogP contribution in [0, 0.1) is 24.0 Å². The van der Waals surface area contributed by atoms with Crippen LogP contribution in [-0.2, 0) is 0 Å². The normalized spacial score (nSPS) is 11.7. The maximum Gasteiger partial charge on any atom is 0.270 e. The van der Waals surface area contributed by atoms with Gasteiger partial charge in [0, 0.05) is 23.9 Å². The summed E-state index contributed by atoms with van der Waals surface area (Å²) in [6, 6.07) is 18.1. The Kier molecular flexibility index (Phi) is 5.22. The number of rotatable bonds is 5. The highest BCUT2D eigenvalue weighted by molar-refractivity contribution is 5.82. The Balaban J connectivity index is 1.54. The predicted molar refractivity (Wildman–Crippen MR) is 119 cm³/mol. The molecule has 0 unspecified atom stereocenters. The molecule has 6 heteroatoms. The first-order valence-electron chi connectivity index (χ1n) is 9.43. The number of hydrogen-bond acceptors (Lipinski definition) is 5. The second-order valence-corrected chi connectivity index (χ2v) is 6.96. The molecule has 30 heavy (non-hydrogen) atoms. The van der Waals surface area contributed by atoms with Gasteiger partial charge in [-0.25, -0.2) is 4.98 Å². The van der Waals surface area contributed by atoms with Crippen molar-refractivity contribution in [3.8, 4) is 11.5 Å². The summed E-state index contributed by atoms with van der Waals surface area (Å²) in [5.41, 5.74) is 6.34. The second-order valence-electron chi connectivity index (χ2n) is 6.96. The molecule has 0 saturated carbocycles. The van der Waals surface area contributed by atoms with Gasteiger partial charge in [0.25, 0.3) is 5.69 Å². The summed E-state index contributed by atoms with van der Waals surface area (Å²) >= 11 is 0. The Morgan fingerprint density at radius 3 is 2.67 bits per heavy atom. The van der Waals surface area contributed by atoms with Crippen molar-refractivity contribution in [3.63, 3.8) is 0 Å². The van der Waals surface area contributed by atoms with E-state index in [1.807, 2.05) is 43.3 Å². The summed E-state index contributed by atoms with van der Waals surface area (Å²) in [4.78, 5) is 19.5. The van der Waals surface area contributed by atoms with E-state index in [-0.39, 0.29) is 5.69 Å². The van der Waals surface area contributed by atoms with E-state index < -0.39 is 4.92 Å². The number of allylic oxidation sites excluding steroid dienone is 1. The van der Waals surface area contributed by atoms with Crippen LogP contribution < -0.4 is 0 Å². The first-order valence-corrected chi connectivity index (χ1v) is 9.43. The molecule has 0 fully saturated rings. The average molecular weight is 397 g/mol. The van der Waals surface area contributed by atoms with Gasteiger partial charge in [-0.15, -0.1) is 0 Å². The van der Waals surface area contributed by atoms with Crippen molar-refractivity contribution in [1.82, 2.24) is 4.98 Å². The van der Waals surface area contributed by atoms with E-state index in [0.717, 1.165) is 27.9 Å². The Bertz CT molecular complexity index is 1260. The zero-order valence-electron chi connectivity index (χ0n) is 16.6. The third-order valence-corrected chi connectivity index (χ3v) is 4.78. The molecule has 148 valence electrons. The topological polar surface area (TPSA) is 81.5 Å². The lowest BCUT2D eigenvalue weighted by molar-refractivity contribution is -0.384. The smallest absolute Gasteiger partial charge is 0.270 e. The van der Waals surface area contributed by atoms with E-state index in [0.29, 0.717) is 5.89 Å². The van der Waals surface area contributed by atoms with Gasteiger partial charge >= 0.3 is 0 Å². The zero-order chi connectivity index (χ0) is 21.1. The van der Waals surface area contributed by atoms with Crippen LogP contribution in [-0.4, -0.2) is 16.1 Å². The fourth-order valence-electron chi connectivity index (χ4n) is 3.05. The minimum atomic E-state index is -0.411. The van der Waals surface area contributed by atoms with E-state index in [2.05, 4.69) is 16.9 Å². The van der Waals surface area contributed by atoms with Gasteiger partial charge in [0.1, 0.15) is 5.52 Å². The first kappa shape index (κ1) is 19.3. The molecule has 6 nitrogen and oxygen atoms in total. The molecular formula is C24H19N3O3. The molecule has 0 spiro atoms. The molecule has 0 aliphatic heterocycles. The molecule has 0 radical (unpaired) electrons. The molecule has 4 rings (SSSR count). The Labute approximate surface area is 173 Å². The molecule has 0 aliphatic rings. The van der Waals surface area contributed by atoms with Crippen LogP contribution in [0.3, 0.4) is 0 Å². The number of oxazole rings is 1. The van der Waals surface area contributed by atoms with Crippen molar-refractivity contribution >= 4 is 34.8 Å². The molecule has 1 heterocycles. The summed E-state index contributed by atoms with van der Waals surface area (Å²) in [6.07, 6.45) is 5.17. The lowest BCUT2D eigenvalue weighted by atomic mass is 10.1. The van der Waals surface area contributed by atoms with E-state index >= 15 is 0 Å².